The predicted molar refractivity (Wildman–Crippen MR) is 138 cm³/mol. The van der Waals surface area contributed by atoms with Crippen LogP contribution in [0.3, 0.4) is 0 Å². The number of allylic oxidation sites excluding steroid dienone is 2. The Hall–Kier alpha value is -3.62. The van der Waals surface area contributed by atoms with E-state index in [1.165, 1.54) is 21.1 Å². The maximum absolute atomic E-state index is 12.6. The van der Waals surface area contributed by atoms with Crippen LogP contribution < -0.4 is 10.1 Å². The number of anilines is 1. The molecule has 1 N–H and O–H groups in total. The summed E-state index contributed by atoms with van der Waals surface area (Å²) < 4.78 is 20.4. The lowest BCUT2D eigenvalue weighted by atomic mass is 9.89. The van der Waals surface area contributed by atoms with E-state index >= 15 is 0 Å². The second-order valence-electron chi connectivity index (χ2n) is 8.81. The molecular formula is C28H37NO8. The molecule has 1 aliphatic carbocycles. The van der Waals surface area contributed by atoms with Crippen molar-refractivity contribution in [1.82, 2.24) is 0 Å². The highest BCUT2D eigenvalue weighted by Crippen LogP contribution is 2.29. The zero-order valence-corrected chi connectivity index (χ0v) is 22.1. The van der Waals surface area contributed by atoms with Crippen molar-refractivity contribution >= 4 is 29.3 Å². The molecular weight excluding hydrogens is 478 g/mol. The largest absolute Gasteiger partial charge is 0.513 e. The highest BCUT2D eigenvalue weighted by atomic mass is 16.7. The number of ether oxygens (including phenoxy) is 4. The van der Waals surface area contributed by atoms with E-state index in [9.17, 15) is 19.2 Å². The average molecular weight is 516 g/mol. The van der Waals surface area contributed by atoms with Crippen LogP contribution in [0.25, 0.3) is 0 Å². The normalized spacial score (nSPS) is 13.5. The number of hydrogen-bond acceptors (Lipinski definition) is 8. The molecule has 202 valence electrons. The summed E-state index contributed by atoms with van der Waals surface area (Å²) >= 11 is 0. The van der Waals surface area contributed by atoms with Gasteiger partial charge < -0.3 is 24.3 Å². The lowest BCUT2D eigenvalue weighted by Gasteiger charge is -2.20. The Morgan fingerprint density at radius 3 is 1.89 bits per heavy atom. The second kappa shape index (κ2) is 15.5. The minimum absolute atomic E-state index is 0.0114. The van der Waals surface area contributed by atoms with Crippen LogP contribution >= 0.6 is 0 Å². The van der Waals surface area contributed by atoms with Crippen molar-refractivity contribution in [1.29, 1.82) is 0 Å². The van der Waals surface area contributed by atoms with Crippen molar-refractivity contribution in [3.05, 3.63) is 46.9 Å². The Labute approximate surface area is 218 Å². The van der Waals surface area contributed by atoms with E-state index in [1.807, 2.05) is 0 Å². The number of carbonyl (C=O) groups is 4. The molecule has 0 fully saturated rings. The standard InChI is InChI=1S/C28H37NO8/c1-19-23(25(32)27(35-4)26(34-3)24(19)31)13-11-9-7-5-6-8-10-12-18-36-28(33)37-22-16-14-21(15-17-22)29-20(2)30/h14-17H,5-13,18H2,1-4H3,(H,29,30). The molecule has 0 aromatic heterocycles. The number of nitrogens with one attached hydrogen (secondary N) is 1. The molecule has 9 heteroatoms. The zero-order valence-electron chi connectivity index (χ0n) is 22.1. The monoisotopic (exact) mass is 515 g/mol. The number of carbonyl (C=O) groups excluding carboxylic acids is 4. The first kappa shape index (κ1) is 29.6. The minimum atomic E-state index is -0.748. The van der Waals surface area contributed by atoms with Crippen LogP contribution in [-0.2, 0) is 28.6 Å². The molecule has 1 aromatic carbocycles. The summed E-state index contributed by atoms with van der Waals surface area (Å²) in [6, 6.07) is 6.46. The Bertz CT molecular complexity index is 1020. The average Bonchev–Trinajstić information content (AvgIpc) is 2.87. The van der Waals surface area contributed by atoms with Gasteiger partial charge in [0.1, 0.15) is 5.75 Å². The van der Waals surface area contributed by atoms with Gasteiger partial charge >= 0.3 is 6.16 Å². The van der Waals surface area contributed by atoms with Gasteiger partial charge in [0.2, 0.25) is 29.0 Å². The molecule has 0 bridgehead atoms. The maximum atomic E-state index is 12.6. The molecule has 1 amide bonds. The molecule has 2 rings (SSSR count). The number of hydrogen-bond donors (Lipinski definition) is 1. The van der Waals surface area contributed by atoms with Gasteiger partial charge in [0.15, 0.2) is 0 Å². The van der Waals surface area contributed by atoms with Gasteiger partial charge in [-0.2, -0.15) is 0 Å². The molecule has 0 radical (unpaired) electrons. The fourth-order valence-corrected chi connectivity index (χ4v) is 4.05. The molecule has 0 saturated heterocycles. The lowest BCUT2D eigenvalue weighted by Crippen LogP contribution is -2.25. The van der Waals surface area contributed by atoms with Crippen LogP contribution in [0.15, 0.2) is 46.9 Å². The van der Waals surface area contributed by atoms with E-state index in [-0.39, 0.29) is 29.0 Å². The zero-order chi connectivity index (χ0) is 27.2. The van der Waals surface area contributed by atoms with Crippen LogP contribution in [0, 0.1) is 0 Å². The van der Waals surface area contributed by atoms with Crippen LogP contribution in [-0.4, -0.2) is 44.5 Å². The first-order valence-corrected chi connectivity index (χ1v) is 12.6. The first-order valence-electron chi connectivity index (χ1n) is 12.6. The van der Waals surface area contributed by atoms with E-state index < -0.39 is 6.16 Å². The van der Waals surface area contributed by atoms with Crippen LogP contribution in [0.2, 0.25) is 0 Å². The molecule has 0 unspecified atom stereocenters. The summed E-state index contributed by atoms with van der Waals surface area (Å²) in [7, 11) is 2.73. The van der Waals surface area contributed by atoms with Crippen molar-refractivity contribution in [3.63, 3.8) is 0 Å². The molecule has 37 heavy (non-hydrogen) atoms. The van der Waals surface area contributed by atoms with E-state index in [0.717, 1.165) is 51.4 Å². The SMILES string of the molecule is COC1=C(OC)C(=O)C(CCCCCCCCCCOC(=O)Oc2ccc(NC(C)=O)cc2)=C(C)C1=O. The number of rotatable bonds is 15. The van der Waals surface area contributed by atoms with Gasteiger partial charge in [-0.05, 0) is 50.5 Å². The van der Waals surface area contributed by atoms with Crippen molar-refractivity contribution in [3.8, 4) is 5.75 Å². The number of Topliss-reactive ketones (excluding diaryl/α,β-unsaturated/α-hetero) is 2. The molecule has 1 aromatic rings. The second-order valence-corrected chi connectivity index (χ2v) is 8.81. The van der Waals surface area contributed by atoms with Crippen molar-refractivity contribution in [2.24, 2.45) is 0 Å². The van der Waals surface area contributed by atoms with Gasteiger partial charge in [0.05, 0.1) is 20.8 Å². The predicted octanol–water partition coefficient (Wildman–Crippen LogP) is 5.64. The van der Waals surface area contributed by atoms with Crippen molar-refractivity contribution < 1.29 is 38.1 Å². The van der Waals surface area contributed by atoms with Gasteiger partial charge in [-0.25, -0.2) is 4.79 Å². The summed E-state index contributed by atoms with van der Waals surface area (Å²) in [5.41, 5.74) is 1.58. The maximum Gasteiger partial charge on any atom is 0.513 e. The Morgan fingerprint density at radius 1 is 0.784 bits per heavy atom. The van der Waals surface area contributed by atoms with Gasteiger partial charge in [-0.15, -0.1) is 0 Å². The number of methoxy groups -OCH3 is 2. The molecule has 0 saturated carbocycles. The number of benzene rings is 1. The summed E-state index contributed by atoms with van der Waals surface area (Å²) in [4.78, 5) is 47.8. The molecule has 0 atom stereocenters. The van der Waals surface area contributed by atoms with Crippen LogP contribution in [0.1, 0.15) is 71.6 Å². The third-order valence-corrected chi connectivity index (χ3v) is 6.01. The number of ketones is 2. The van der Waals surface area contributed by atoms with Crippen LogP contribution in [0.4, 0.5) is 10.5 Å². The highest BCUT2D eigenvalue weighted by Gasteiger charge is 2.34. The third-order valence-electron chi connectivity index (χ3n) is 6.01. The topological polar surface area (TPSA) is 117 Å². The molecule has 1 aliphatic rings. The molecule has 9 nitrogen and oxygen atoms in total. The van der Waals surface area contributed by atoms with Gasteiger partial charge in [-0.1, -0.05) is 38.5 Å². The molecule has 0 aliphatic heterocycles. The summed E-state index contributed by atoms with van der Waals surface area (Å²) in [6.07, 6.45) is 7.58. The fraction of sp³-hybridized carbons (Fsp3) is 0.500. The summed E-state index contributed by atoms with van der Waals surface area (Å²) in [5.74, 6) is -0.410. The van der Waals surface area contributed by atoms with E-state index in [1.54, 1.807) is 31.2 Å². The van der Waals surface area contributed by atoms with Gasteiger partial charge in [-0.3, -0.25) is 14.4 Å². The van der Waals surface area contributed by atoms with E-state index in [4.69, 9.17) is 18.9 Å². The molecule has 0 spiro atoms. The Balaban J connectivity index is 1.52. The Morgan fingerprint density at radius 2 is 1.32 bits per heavy atom. The van der Waals surface area contributed by atoms with E-state index in [2.05, 4.69) is 5.32 Å². The minimum Gasteiger partial charge on any atom is -0.489 e. The highest BCUT2D eigenvalue weighted by molar-refractivity contribution is 6.23. The fourth-order valence-electron chi connectivity index (χ4n) is 4.05. The quantitative estimate of drug-likeness (QED) is 0.138. The molecule has 0 heterocycles. The van der Waals surface area contributed by atoms with Crippen molar-refractivity contribution in [2.45, 2.75) is 71.6 Å². The first-order chi connectivity index (χ1) is 17.8. The number of amides is 1. The van der Waals surface area contributed by atoms with E-state index in [0.29, 0.717) is 35.6 Å². The van der Waals surface area contributed by atoms with Gasteiger partial charge in [0, 0.05) is 23.8 Å². The Kier molecular flexibility index (Phi) is 12.4. The third kappa shape index (κ3) is 9.40. The summed E-state index contributed by atoms with van der Waals surface area (Å²) in [5, 5.41) is 2.64. The smallest absolute Gasteiger partial charge is 0.489 e. The van der Waals surface area contributed by atoms with Crippen molar-refractivity contribution in [2.75, 3.05) is 26.1 Å². The van der Waals surface area contributed by atoms with Crippen LogP contribution in [0.5, 0.6) is 5.75 Å². The number of unbranched alkanes of at least 4 members (excludes halogenated alkanes) is 7. The van der Waals surface area contributed by atoms with Gasteiger partial charge in [0.25, 0.3) is 0 Å². The summed E-state index contributed by atoms with van der Waals surface area (Å²) in [6.45, 7) is 3.38. The lowest BCUT2D eigenvalue weighted by molar-refractivity contribution is -0.121.